The Balaban J connectivity index is 1.67. The minimum Gasteiger partial charge on any atom is -0.378 e. The summed E-state index contributed by atoms with van der Waals surface area (Å²) in [6, 6.07) is 0. The smallest absolute Gasteiger partial charge is 0.0588 e. The molecule has 2 nitrogen and oxygen atoms in total. The van der Waals surface area contributed by atoms with Crippen molar-refractivity contribution in [2.24, 2.45) is 17.8 Å². The third-order valence-electron chi connectivity index (χ3n) is 4.26. The molecule has 98 valence electrons. The Bertz CT molecular complexity index is 274. The molecule has 1 N–H and O–H groups in total. The summed E-state index contributed by atoms with van der Waals surface area (Å²) in [5.74, 6) is 2.34. The Labute approximate surface area is 106 Å². The molecule has 0 aromatic rings. The van der Waals surface area contributed by atoms with Crippen LogP contribution in [-0.2, 0) is 4.74 Å². The lowest BCUT2D eigenvalue weighted by molar-refractivity contribution is 0.105. The molecule has 4 atom stereocenters. The predicted octanol–water partition coefficient (Wildman–Crippen LogP) is 2.99. The molecule has 0 radical (unpaired) electrons. The highest BCUT2D eigenvalue weighted by Gasteiger charge is 2.24. The van der Waals surface area contributed by atoms with Crippen LogP contribution >= 0.6 is 0 Å². The molecular formula is C15H27NO. The van der Waals surface area contributed by atoms with E-state index in [1.165, 1.54) is 25.8 Å². The highest BCUT2D eigenvalue weighted by molar-refractivity contribution is 5.06. The van der Waals surface area contributed by atoms with Crippen molar-refractivity contribution in [1.29, 1.82) is 0 Å². The van der Waals surface area contributed by atoms with Gasteiger partial charge in [0.25, 0.3) is 0 Å². The van der Waals surface area contributed by atoms with Crippen molar-refractivity contribution in [3.8, 4) is 0 Å². The van der Waals surface area contributed by atoms with Crippen molar-refractivity contribution in [3.05, 3.63) is 11.6 Å². The van der Waals surface area contributed by atoms with Crippen LogP contribution in [-0.4, -0.2) is 25.8 Å². The van der Waals surface area contributed by atoms with Crippen molar-refractivity contribution in [2.75, 3.05) is 19.7 Å². The molecule has 4 unspecified atom stereocenters. The molecule has 0 spiro atoms. The molecule has 0 aromatic carbocycles. The number of rotatable bonds is 4. The van der Waals surface area contributed by atoms with Gasteiger partial charge in [0.15, 0.2) is 0 Å². The van der Waals surface area contributed by atoms with Gasteiger partial charge in [0.2, 0.25) is 0 Å². The zero-order chi connectivity index (χ0) is 12.3. The molecule has 0 saturated carbocycles. The van der Waals surface area contributed by atoms with E-state index in [-0.39, 0.29) is 0 Å². The minimum absolute atomic E-state index is 0.453. The summed E-state index contributed by atoms with van der Waals surface area (Å²) < 4.78 is 5.59. The van der Waals surface area contributed by atoms with Crippen molar-refractivity contribution < 1.29 is 4.74 Å². The Morgan fingerprint density at radius 2 is 2.18 bits per heavy atom. The fourth-order valence-electron chi connectivity index (χ4n) is 3.36. The van der Waals surface area contributed by atoms with Gasteiger partial charge in [-0.1, -0.05) is 18.6 Å². The number of allylic oxidation sites excluding steroid dienone is 2. The van der Waals surface area contributed by atoms with Gasteiger partial charge in [-0.15, -0.1) is 0 Å². The molecule has 2 aliphatic rings. The van der Waals surface area contributed by atoms with Gasteiger partial charge in [-0.3, -0.25) is 0 Å². The van der Waals surface area contributed by atoms with Crippen LogP contribution in [0.4, 0.5) is 0 Å². The zero-order valence-electron chi connectivity index (χ0n) is 11.5. The maximum absolute atomic E-state index is 5.59. The molecule has 0 amide bonds. The number of hydrogen-bond donors (Lipinski definition) is 1. The SMILES string of the molecule is CC1=CC(C)CC(CNCC2CCOC2C)C1. The molecule has 1 fully saturated rings. The number of hydrogen-bond acceptors (Lipinski definition) is 2. The van der Waals surface area contributed by atoms with Gasteiger partial charge < -0.3 is 10.1 Å². The highest BCUT2D eigenvalue weighted by Crippen LogP contribution is 2.27. The quantitative estimate of drug-likeness (QED) is 0.759. The van der Waals surface area contributed by atoms with E-state index in [1.54, 1.807) is 5.57 Å². The predicted molar refractivity (Wildman–Crippen MR) is 72.0 cm³/mol. The first-order valence-corrected chi connectivity index (χ1v) is 7.14. The van der Waals surface area contributed by atoms with Crippen LogP contribution in [0.25, 0.3) is 0 Å². The summed E-state index contributed by atoms with van der Waals surface area (Å²) >= 11 is 0. The largest absolute Gasteiger partial charge is 0.378 e. The van der Waals surface area contributed by atoms with Gasteiger partial charge in [-0.2, -0.15) is 0 Å². The minimum atomic E-state index is 0.453. The van der Waals surface area contributed by atoms with E-state index in [1.807, 2.05) is 0 Å². The molecule has 2 rings (SSSR count). The van der Waals surface area contributed by atoms with Crippen LogP contribution in [0.3, 0.4) is 0 Å². The van der Waals surface area contributed by atoms with Gasteiger partial charge in [0.05, 0.1) is 6.10 Å². The third-order valence-corrected chi connectivity index (χ3v) is 4.26. The maximum atomic E-state index is 5.59. The van der Waals surface area contributed by atoms with Crippen LogP contribution in [0.1, 0.15) is 40.0 Å². The molecule has 17 heavy (non-hydrogen) atoms. The Kier molecular flexibility index (Phi) is 4.63. The van der Waals surface area contributed by atoms with Gasteiger partial charge in [-0.05, 0) is 57.4 Å². The second-order valence-corrected chi connectivity index (χ2v) is 6.08. The first kappa shape index (κ1) is 13.1. The summed E-state index contributed by atoms with van der Waals surface area (Å²) in [6.07, 6.45) is 6.75. The third kappa shape index (κ3) is 3.82. The molecule has 0 aromatic heterocycles. The van der Waals surface area contributed by atoms with Gasteiger partial charge in [-0.25, -0.2) is 0 Å². The zero-order valence-corrected chi connectivity index (χ0v) is 11.5. The average molecular weight is 237 g/mol. The standard InChI is InChI=1S/C15H27NO/c1-11-6-12(2)8-14(7-11)9-16-10-15-4-5-17-13(15)3/h6,11,13-16H,4-5,7-10H2,1-3H3. The van der Waals surface area contributed by atoms with E-state index in [0.717, 1.165) is 30.9 Å². The molecular weight excluding hydrogens is 210 g/mol. The lowest BCUT2D eigenvalue weighted by Gasteiger charge is -2.26. The first-order chi connectivity index (χ1) is 8.15. The van der Waals surface area contributed by atoms with E-state index in [0.29, 0.717) is 6.10 Å². The van der Waals surface area contributed by atoms with E-state index in [4.69, 9.17) is 4.74 Å². The monoisotopic (exact) mass is 237 g/mol. The van der Waals surface area contributed by atoms with Crippen molar-refractivity contribution in [3.63, 3.8) is 0 Å². The highest BCUT2D eigenvalue weighted by atomic mass is 16.5. The second-order valence-electron chi connectivity index (χ2n) is 6.08. The van der Waals surface area contributed by atoms with Crippen LogP contribution < -0.4 is 5.32 Å². The number of ether oxygens (including phenoxy) is 1. The van der Waals surface area contributed by atoms with E-state index in [9.17, 15) is 0 Å². The first-order valence-electron chi connectivity index (χ1n) is 7.14. The van der Waals surface area contributed by atoms with Gasteiger partial charge in [0, 0.05) is 13.2 Å². The lowest BCUT2D eigenvalue weighted by Crippen LogP contribution is -2.32. The normalized spacial score (nSPS) is 38.2. The van der Waals surface area contributed by atoms with Crippen LogP contribution in [0, 0.1) is 17.8 Å². The van der Waals surface area contributed by atoms with Crippen LogP contribution in [0.15, 0.2) is 11.6 Å². The van der Waals surface area contributed by atoms with Crippen LogP contribution in [0.5, 0.6) is 0 Å². The van der Waals surface area contributed by atoms with Gasteiger partial charge in [0.1, 0.15) is 0 Å². The van der Waals surface area contributed by atoms with Crippen LogP contribution in [0.2, 0.25) is 0 Å². The fraction of sp³-hybridized carbons (Fsp3) is 0.867. The van der Waals surface area contributed by atoms with Crippen molar-refractivity contribution in [1.82, 2.24) is 5.32 Å². The Hall–Kier alpha value is -0.340. The van der Waals surface area contributed by atoms with E-state index < -0.39 is 0 Å². The molecule has 0 bridgehead atoms. The average Bonchev–Trinajstić information content (AvgIpc) is 2.63. The Morgan fingerprint density at radius 3 is 2.82 bits per heavy atom. The summed E-state index contributed by atoms with van der Waals surface area (Å²) in [5.41, 5.74) is 1.58. The molecule has 2 heteroatoms. The summed E-state index contributed by atoms with van der Waals surface area (Å²) in [5, 5.41) is 3.66. The van der Waals surface area contributed by atoms with Gasteiger partial charge >= 0.3 is 0 Å². The maximum Gasteiger partial charge on any atom is 0.0588 e. The Morgan fingerprint density at radius 1 is 1.35 bits per heavy atom. The molecule has 1 heterocycles. The molecule has 1 aliphatic carbocycles. The fourth-order valence-corrected chi connectivity index (χ4v) is 3.36. The topological polar surface area (TPSA) is 21.3 Å². The lowest BCUT2D eigenvalue weighted by atomic mass is 9.83. The van der Waals surface area contributed by atoms with Crippen molar-refractivity contribution >= 4 is 0 Å². The summed E-state index contributed by atoms with van der Waals surface area (Å²) in [6.45, 7) is 10.1. The molecule has 1 saturated heterocycles. The van der Waals surface area contributed by atoms with Crippen molar-refractivity contribution in [2.45, 2.75) is 46.1 Å². The number of nitrogens with one attached hydrogen (secondary N) is 1. The second kappa shape index (κ2) is 6.01. The molecule has 1 aliphatic heterocycles. The van der Waals surface area contributed by atoms with E-state index >= 15 is 0 Å². The summed E-state index contributed by atoms with van der Waals surface area (Å²) in [4.78, 5) is 0. The van der Waals surface area contributed by atoms with E-state index in [2.05, 4.69) is 32.2 Å². The summed E-state index contributed by atoms with van der Waals surface area (Å²) in [7, 11) is 0.